The molecule has 0 amide bonds. The van der Waals surface area contributed by atoms with E-state index in [0.717, 1.165) is 0 Å². The molecule has 0 aliphatic carbocycles. The van der Waals surface area contributed by atoms with Crippen molar-refractivity contribution in [3.05, 3.63) is 29.3 Å². The number of rotatable bonds is 6. The van der Waals surface area contributed by atoms with Crippen LogP contribution in [0.5, 0.6) is 0 Å². The van der Waals surface area contributed by atoms with Gasteiger partial charge in [0.05, 0.1) is 0 Å². The van der Waals surface area contributed by atoms with E-state index in [1.54, 1.807) is 0 Å². The van der Waals surface area contributed by atoms with Gasteiger partial charge in [0.2, 0.25) is 0 Å². The second-order valence-corrected chi connectivity index (χ2v) is 4.96. The van der Waals surface area contributed by atoms with Crippen molar-refractivity contribution in [2.24, 2.45) is 0 Å². The van der Waals surface area contributed by atoms with Crippen LogP contribution in [0.4, 0.5) is 0 Å². The van der Waals surface area contributed by atoms with Crippen molar-refractivity contribution in [1.82, 2.24) is 0 Å². The first-order valence-electron chi connectivity index (χ1n) is 6.14. The summed E-state index contributed by atoms with van der Waals surface area (Å²) in [6.07, 6.45) is 7.65. The Balaban J connectivity index is 2.66. The van der Waals surface area contributed by atoms with Crippen LogP contribution in [0, 0.1) is 0 Å². The topological polar surface area (TPSA) is 0 Å². The van der Waals surface area contributed by atoms with Crippen molar-refractivity contribution < 1.29 is 0 Å². The quantitative estimate of drug-likeness (QED) is 0.641. The molecule has 0 nitrogen and oxygen atoms in total. The van der Waals surface area contributed by atoms with E-state index in [9.17, 15) is 0 Å². The summed E-state index contributed by atoms with van der Waals surface area (Å²) in [7, 11) is 2.83. The third-order valence-electron chi connectivity index (χ3n) is 2.71. The van der Waals surface area contributed by atoms with E-state index in [1.165, 1.54) is 55.0 Å². The maximum Gasteiger partial charge on any atom is -0.0279 e. The van der Waals surface area contributed by atoms with Gasteiger partial charge in [-0.05, 0) is 42.1 Å². The average Bonchev–Trinajstić information content (AvgIpc) is 2.23. The molecule has 0 saturated carbocycles. The zero-order valence-electron chi connectivity index (χ0n) is 10.1. The number of unbranched alkanes of at least 4 members (excludes halogenated alkanes) is 2. The molecule has 0 bridgehead atoms. The highest BCUT2D eigenvalue weighted by atomic mass is 31.0. The molecule has 15 heavy (non-hydrogen) atoms. The fraction of sp³-hybridized carbons (Fsp3) is 0.571. The van der Waals surface area contributed by atoms with Crippen LogP contribution in [0.2, 0.25) is 0 Å². The van der Waals surface area contributed by atoms with E-state index in [-0.39, 0.29) is 0 Å². The summed E-state index contributed by atoms with van der Waals surface area (Å²) in [5.74, 6) is 0. The monoisotopic (exact) mass is 222 g/mol. The molecule has 1 atom stereocenters. The van der Waals surface area contributed by atoms with E-state index >= 15 is 0 Å². The molecule has 1 aromatic carbocycles. The number of hydrogen-bond donors (Lipinski definition) is 0. The zero-order valence-corrected chi connectivity index (χ0v) is 11.2. The Morgan fingerprint density at radius 3 is 1.73 bits per heavy atom. The molecule has 1 rings (SSSR count). The van der Waals surface area contributed by atoms with E-state index in [0.29, 0.717) is 0 Å². The maximum atomic E-state index is 2.83. The van der Waals surface area contributed by atoms with Gasteiger partial charge in [0.1, 0.15) is 0 Å². The predicted molar refractivity (Wildman–Crippen MR) is 73.0 cm³/mol. The Kier molecular flexibility index (Phi) is 5.95. The first kappa shape index (κ1) is 12.7. The van der Waals surface area contributed by atoms with Crippen molar-refractivity contribution >= 4 is 14.5 Å². The fourth-order valence-corrected chi connectivity index (χ4v) is 2.27. The molecule has 0 aliphatic heterocycles. The van der Waals surface area contributed by atoms with Gasteiger partial charge in [-0.25, -0.2) is 0 Å². The van der Waals surface area contributed by atoms with Crippen LogP contribution >= 0.6 is 9.24 Å². The Hall–Kier alpha value is -0.350. The molecule has 0 radical (unpaired) electrons. The predicted octanol–water partition coefficient (Wildman–Crippen LogP) is 3.87. The van der Waals surface area contributed by atoms with Gasteiger partial charge < -0.3 is 0 Å². The number of benzene rings is 1. The molecule has 0 aromatic heterocycles. The Labute approximate surface area is 96.7 Å². The Morgan fingerprint density at radius 2 is 1.33 bits per heavy atom. The summed E-state index contributed by atoms with van der Waals surface area (Å²) in [6, 6.07) is 6.99. The summed E-state index contributed by atoms with van der Waals surface area (Å²) >= 11 is 0. The van der Waals surface area contributed by atoms with Crippen molar-refractivity contribution in [2.45, 2.75) is 52.4 Å². The van der Waals surface area contributed by atoms with Crippen LogP contribution in [0.1, 0.15) is 50.7 Å². The zero-order chi connectivity index (χ0) is 11.1. The molecule has 0 spiro atoms. The SMILES string of the molecule is CCCCc1cc(P)cc(CCCC)c1. The summed E-state index contributed by atoms with van der Waals surface area (Å²) in [4.78, 5) is 0. The Morgan fingerprint density at radius 1 is 0.867 bits per heavy atom. The lowest BCUT2D eigenvalue weighted by molar-refractivity contribution is 0.781. The summed E-state index contributed by atoms with van der Waals surface area (Å²) in [6.45, 7) is 4.51. The van der Waals surface area contributed by atoms with E-state index in [2.05, 4.69) is 41.3 Å². The first-order chi connectivity index (χ1) is 7.26. The minimum absolute atomic E-state index is 1.23. The molecular formula is C14H23P. The van der Waals surface area contributed by atoms with Gasteiger partial charge in [-0.3, -0.25) is 0 Å². The summed E-state index contributed by atoms with van der Waals surface area (Å²) in [5.41, 5.74) is 3.02. The lowest BCUT2D eigenvalue weighted by atomic mass is 10.0. The van der Waals surface area contributed by atoms with Crippen LogP contribution in [0.3, 0.4) is 0 Å². The molecule has 0 saturated heterocycles. The van der Waals surface area contributed by atoms with Crippen LogP contribution in [-0.4, -0.2) is 0 Å². The third kappa shape index (κ3) is 4.80. The van der Waals surface area contributed by atoms with Gasteiger partial charge in [-0.2, -0.15) is 0 Å². The summed E-state index contributed by atoms with van der Waals surface area (Å²) < 4.78 is 0. The molecule has 84 valence electrons. The van der Waals surface area contributed by atoms with Gasteiger partial charge in [-0.15, -0.1) is 9.24 Å². The minimum atomic E-state index is 1.23. The molecule has 0 fully saturated rings. The second-order valence-electron chi connectivity index (χ2n) is 4.29. The normalized spacial score (nSPS) is 10.6. The minimum Gasteiger partial charge on any atom is -0.106 e. The smallest absolute Gasteiger partial charge is 0.0279 e. The molecule has 0 N–H and O–H groups in total. The summed E-state index contributed by atoms with van der Waals surface area (Å²) in [5, 5.41) is 1.34. The van der Waals surface area contributed by atoms with Gasteiger partial charge >= 0.3 is 0 Å². The van der Waals surface area contributed by atoms with Crippen molar-refractivity contribution in [3.63, 3.8) is 0 Å². The lowest BCUT2D eigenvalue weighted by Crippen LogP contribution is -1.99. The molecule has 1 unspecified atom stereocenters. The molecule has 1 heteroatoms. The molecule has 0 heterocycles. The van der Waals surface area contributed by atoms with E-state index in [1.807, 2.05) is 0 Å². The average molecular weight is 222 g/mol. The van der Waals surface area contributed by atoms with Crippen LogP contribution in [0.25, 0.3) is 0 Å². The lowest BCUT2D eigenvalue weighted by Gasteiger charge is -2.06. The van der Waals surface area contributed by atoms with Gasteiger partial charge in [0, 0.05) is 0 Å². The third-order valence-corrected chi connectivity index (χ3v) is 3.05. The van der Waals surface area contributed by atoms with Crippen LogP contribution in [0.15, 0.2) is 18.2 Å². The highest BCUT2D eigenvalue weighted by Gasteiger charge is 1.98. The van der Waals surface area contributed by atoms with Crippen molar-refractivity contribution in [3.8, 4) is 0 Å². The standard InChI is InChI=1S/C14H23P/c1-3-5-7-12-9-13(8-6-4-2)11-14(15)10-12/h9-11H,3-8,15H2,1-2H3. The maximum absolute atomic E-state index is 2.83. The van der Waals surface area contributed by atoms with Crippen molar-refractivity contribution in [2.75, 3.05) is 0 Å². The van der Waals surface area contributed by atoms with Crippen LogP contribution < -0.4 is 5.30 Å². The second kappa shape index (κ2) is 7.01. The van der Waals surface area contributed by atoms with Crippen LogP contribution in [-0.2, 0) is 12.8 Å². The van der Waals surface area contributed by atoms with E-state index < -0.39 is 0 Å². The molecule has 1 aromatic rings. The number of aryl methyl sites for hydroxylation is 2. The Bertz CT molecular complexity index is 265. The fourth-order valence-electron chi connectivity index (χ4n) is 1.84. The molecular weight excluding hydrogens is 199 g/mol. The van der Waals surface area contributed by atoms with Gasteiger partial charge in [-0.1, -0.05) is 44.9 Å². The largest absolute Gasteiger partial charge is 0.106 e. The van der Waals surface area contributed by atoms with E-state index in [4.69, 9.17) is 0 Å². The van der Waals surface area contributed by atoms with Gasteiger partial charge in [0.25, 0.3) is 0 Å². The van der Waals surface area contributed by atoms with Crippen molar-refractivity contribution in [1.29, 1.82) is 0 Å². The number of hydrogen-bond acceptors (Lipinski definition) is 0. The molecule has 0 aliphatic rings. The van der Waals surface area contributed by atoms with Gasteiger partial charge in [0.15, 0.2) is 0 Å². The highest BCUT2D eigenvalue weighted by Crippen LogP contribution is 2.11. The first-order valence-corrected chi connectivity index (χ1v) is 6.72. The highest BCUT2D eigenvalue weighted by molar-refractivity contribution is 7.27.